The van der Waals surface area contributed by atoms with Crippen LogP contribution >= 0.6 is 0 Å². The van der Waals surface area contributed by atoms with E-state index in [-0.39, 0.29) is 0 Å². The van der Waals surface area contributed by atoms with Crippen molar-refractivity contribution in [1.29, 1.82) is 0 Å². The van der Waals surface area contributed by atoms with Gasteiger partial charge in [-0.3, -0.25) is 0 Å². The second-order valence-corrected chi connectivity index (χ2v) is 5.67. The highest BCUT2D eigenvalue weighted by atomic mass is 16.5. The molecule has 0 aliphatic carbocycles. The number of rotatable bonds is 5. The molecule has 0 atom stereocenters. The summed E-state index contributed by atoms with van der Waals surface area (Å²) in [6, 6.07) is 0. The molecule has 2 heterocycles. The molecule has 1 N–H and O–H groups in total. The molecule has 5 nitrogen and oxygen atoms in total. The molecule has 0 spiro atoms. The Balaban J connectivity index is 2.18. The minimum absolute atomic E-state index is 0.360. The molecular formula is C15H26N4O. The number of aromatic nitrogens is 2. The number of hydrogen-bond donors (Lipinski definition) is 1. The minimum atomic E-state index is 0.360. The average Bonchev–Trinajstić information content (AvgIpc) is 2.47. The molecule has 1 aliphatic heterocycles. The SMILES string of the molecule is CNCc1nc(C(C)C)ncc1N1CCC(OC)CC1. The molecule has 1 aliphatic rings. The smallest absolute Gasteiger partial charge is 0.131 e. The predicted molar refractivity (Wildman–Crippen MR) is 81.1 cm³/mol. The highest BCUT2D eigenvalue weighted by Crippen LogP contribution is 2.24. The first-order chi connectivity index (χ1) is 9.65. The number of ether oxygens (including phenoxy) is 1. The molecule has 112 valence electrons. The molecule has 0 amide bonds. The number of nitrogens with one attached hydrogen (secondary N) is 1. The van der Waals surface area contributed by atoms with Gasteiger partial charge in [0, 0.05) is 32.7 Å². The lowest BCUT2D eigenvalue weighted by Crippen LogP contribution is -2.37. The fourth-order valence-electron chi connectivity index (χ4n) is 2.60. The molecule has 0 unspecified atom stereocenters. The Hall–Kier alpha value is -1.20. The van der Waals surface area contributed by atoms with E-state index in [0.29, 0.717) is 12.0 Å². The van der Waals surface area contributed by atoms with Gasteiger partial charge in [0.1, 0.15) is 5.82 Å². The van der Waals surface area contributed by atoms with Crippen LogP contribution in [0, 0.1) is 0 Å². The van der Waals surface area contributed by atoms with E-state index in [1.54, 1.807) is 7.11 Å². The van der Waals surface area contributed by atoms with Gasteiger partial charge in [0.25, 0.3) is 0 Å². The van der Waals surface area contributed by atoms with Crippen molar-refractivity contribution in [3.8, 4) is 0 Å². The van der Waals surface area contributed by atoms with E-state index in [9.17, 15) is 0 Å². The molecule has 2 rings (SSSR count). The lowest BCUT2D eigenvalue weighted by atomic mass is 10.1. The number of nitrogens with zero attached hydrogens (tertiary/aromatic N) is 3. The first-order valence-electron chi connectivity index (χ1n) is 7.43. The second-order valence-electron chi connectivity index (χ2n) is 5.67. The number of anilines is 1. The number of methoxy groups -OCH3 is 1. The van der Waals surface area contributed by atoms with Crippen molar-refractivity contribution in [3.05, 3.63) is 17.7 Å². The van der Waals surface area contributed by atoms with Crippen molar-refractivity contribution in [1.82, 2.24) is 15.3 Å². The van der Waals surface area contributed by atoms with Crippen molar-refractivity contribution >= 4 is 5.69 Å². The van der Waals surface area contributed by atoms with Crippen LogP contribution in [-0.4, -0.2) is 43.3 Å². The lowest BCUT2D eigenvalue weighted by Gasteiger charge is -2.33. The Morgan fingerprint density at radius 2 is 2.10 bits per heavy atom. The van der Waals surface area contributed by atoms with Gasteiger partial charge in [0.15, 0.2) is 0 Å². The van der Waals surface area contributed by atoms with Crippen LogP contribution in [0.1, 0.15) is 44.1 Å². The van der Waals surface area contributed by atoms with Crippen LogP contribution in [-0.2, 0) is 11.3 Å². The van der Waals surface area contributed by atoms with E-state index < -0.39 is 0 Å². The summed E-state index contributed by atoms with van der Waals surface area (Å²) in [6.45, 7) is 7.06. The van der Waals surface area contributed by atoms with Crippen LogP contribution in [0.25, 0.3) is 0 Å². The van der Waals surface area contributed by atoms with E-state index in [1.807, 2.05) is 13.2 Å². The Kier molecular flexibility index (Phi) is 5.31. The standard InChI is InChI=1S/C15H26N4O/c1-11(2)15-17-10-14(13(18-15)9-16-3)19-7-5-12(20-4)6-8-19/h10-12,16H,5-9H2,1-4H3. The van der Waals surface area contributed by atoms with Crippen LogP contribution in [0.15, 0.2) is 6.20 Å². The molecule has 1 aromatic rings. The van der Waals surface area contributed by atoms with Crippen LogP contribution in [0.5, 0.6) is 0 Å². The molecule has 20 heavy (non-hydrogen) atoms. The van der Waals surface area contributed by atoms with Gasteiger partial charge in [0.2, 0.25) is 0 Å². The molecule has 0 saturated carbocycles. The monoisotopic (exact) mass is 278 g/mol. The third-order valence-electron chi connectivity index (χ3n) is 3.84. The molecule has 0 bridgehead atoms. The van der Waals surface area contributed by atoms with Gasteiger partial charge in [-0.25, -0.2) is 9.97 Å². The maximum absolute atomic E-state index is 5.43. The molecule has 1 fully saturated rings. The summed E-state index contributed by atoms with van der Waals surface area (Å²) in [7, 11) is 3.76. The summed E-state index contributed by atoms with van der Waals surface area (Å²) in [6.07, 6.45) is 4.53. The van der Waals surface area contributed by atoms with Crippen LogP contribution in [0.3, 0.4) is 0 Å². The molecule has 1 aromatic heterocycles. The van der Waals surface area contributed by atoms with E-state index >= 15 is 0 Å². The third-order valence-corrected chi connectivity index (χ3v) is 3.84. The van der Waals surface area contributed by atoms with Crippen molar-refractivity contribution in [3.63, 3.8) is 0 Å². The van der Waals surface area contributed by atoms with Gasteiger partial charge < -0.3 is 15.0 Å². The first-order valence-corrected chi connectivity index (χ1v) is 7.43. The number of piperidine rings is 1. The largest absolute Gasteiger partial charge is 0.381 e. The lowest BCUT2D eigenvalue weighted by molar-refractivity contribution is 0.0818. The topological polar surface area (TPSA) is 50.3 Å². The summed E-state index contributed by atoms with van der Waals surface area (Å²) >= 11 is 0. The normalized spacial score (nSPS) is 16.9. The Morgan fingerprint density at radius 3 is 2.65 bits per heavy atom. The van der Waals surface area contributed by atoms with Crippen LogP contribution in [0.4, 0.5) is 5.69 Å². The van der Waals surface area contributed by atoms with E-state index in [1.165, 1.54) is 5.69 Å². The molecular weight excluding hydrogens is 252 g/mol. The van der Waals surface area contributed by atoms with Gasteiger partial charge in [-0.15, -0.1) is 0 Å². The van der Waals surface area contributed by atoms with E-state index in [4.69, 9.17) is 9.72 Å². The zero-order valence-corrected chi connectivity index (χ0v) is 13.0. The molecule has 0 aromatic carbocycles. The highest BCUT2D eigenvalue weighted by Gasteiger charge is 2.22. The Labute approximate surface area is 121 Å². The zero-order chi connectivity index (χ0) is 14.5. The zero-order valence-electron chi connectivity index (χ0n) is 13.0. The molecule has 5 heteroatoms. The van der Waals surface area contributed by atoms with Gasteiger partial charge in [0.05, 0.1) is 23.7 Å². The van der Waals surface area contributed by atoms with Gasteiger partial charge in [-0.2, -0.15) is 0 Å². The average molecular weight is 278 g/mol. The van der Waals surface area contributed by atoms with Crippen molar-refractivity contribution in [2.45, 2.75) is 45.3 Å². The summed E-state index contributed by atoms with van der Waals surface area (Å²) in [5.41, 5.74) is 2.26. The molecule has 1 saturated heterocycles. The first kappa shape index (κ1) is 15.2. The van der Waals surface area contributed by atoms with Gasteiger partial charge in [-0.05, 0) is 19.9 Å². The maximum Gasteiger partial charge on any atom is 0.131 e. The van der Waals surface area contributed by atoms with Crippen molar-refractivity contribution in [2.24, 2.45) is 0 Å². The van der Waals surface area contributed by atoms with Crippen molar-refractivity contribution in [2.75, 3.05) is 32.1 Å². The second kappa shape index (κ2) is 6.99. The van der Waals surface area contributed by atoms with Crippen LogP contribution < -0.4 is 10.2 Å². The van der Waals surface area contributed by atoms with Crippen LogP contribution in [0.2, 0.25) is 0 Å². The minimum Gasteiger partial charge on any atom is -0.381 e. The van der Waals surface area contributed by atoms with Crippen molar-refractivity contribution < 1.29 is 4.74 Å². The van der Waals surface area contributed by atoms with Gasteiger partial charge in [-0.1, -0.05) is 13.8 Å². The third kappa shape index (κ3) is 3.46. The summed E-state index contributed by atoms with van der Waals surface area (Å²) in [5.74, 6) is 1.28. The fraction of sp³-hybridized carbons (Fsp3) is 0.733. The summed E-state index contributed by atoms with van der Waals surface area (Å²) in [4.78, 5) is 11.6. The van der Waals surface area contributed by atoms with E-state index in [2.05, 4.69) is 29.0 Å². The Bertz CT molecular complexity index is 428. The van der Waals surface area contributed by atoms with Gasteiger partial charge >= 0.3 is 0 Å². The molecule has 0 radical (unpaired) electrons. The Morgan fingerprint density at radius 1 is 1.40 bits per heavy atom. The maximum atomic E-state index is 5.43. The summed E-state index contributed by atoms with van der Waals surface area (Å²) < 4.78 is 5.43. The quantitative estimate of drug-likeness (QED) is 0.892. The number of hydrogen-bond acceptors (Lipinski definition) is 5. The highest BCUT2D eigenvalue weighted by molar-refractivity contribution is 5.49. The fourth-order valence-corrected chi connectivity index (χ4v) is 2.60. The van der Waals surface area contributed by atoms with E-state index in [0.717, 1.165) is 44.0 Å². The summed E-state index contributed by atoms with van der Waals surface area (Å²) in [5, 5.41) is 3.21. The predicted octanol–water partition coefficient (Wildman–Crippen LogP) is 1.93.